The Balaban J connectivity index is 2.29. The molecule has 4 heteroatoms. The predicted molar refractivity (Wildman–Crippen MR) is 79.5 cm³/mol. The van der Waals surface area contributed by atoms with Crippen molar-refractivity contribution in [2.45, 2.75) is 46.6 Å². The van der Waals surface area contributed by atoms with Crippen molar-refractivity contribution in [3.63, 3.8) is 0 Å². The number of Topliss-reactive ketones (excluding diaryl/α,β-unsaturated/α-hetero) is 1. The van der Waals surface area contributed by atoms with Crippen molar-refractivity contribution in [2.75, 3.05) is 33.5 Å². The minimum atomic E-state index is 0.0938. The molecule has 114 valence electrons. The number of nitrogens with one attached hydrogen (secondary N) is 1. The molecule has 2 rings (SSSR count). The van der Waals surface area contributed by atoms with Crippen LogP contribution < -0.4 is 4.90 Å². The van der Waals surface area contributed by atoms with Gasteiger partial charge in [0.2, 0.25) is 0 Å². The zero-order chi connectivity index (χ0) is 14.9. The number of ether oxygens (including phenoxy) is 1. The number of methoxy groups -OCH3 is 1. The molecular weight excluding hydrogens is 252 g/mol. The summed E-state index contributed by atoms with van der Waals surface area (Å²) >= 11 is 0. The number of quaternary nitrogens is 1. The van der Waals surface area contributed by atoms with Gasteiger partial charge in [0, 0.05) is 25.8 Å². The number of nitrogens with zero attached hydrogens (tertiary/aromatic N) is 1. The second kappa shape index (κ2) is 5.86. The van der Waals surface area contributed by atoms with Gasteiger partial charge in [-0.1, -0.05) is 13.8 Å². The molecule has 0 aromatic carbocycles. The van der Waals surface area contributed by atoms with Crippen molar-refractivity contribution < 1.29 is 14.4 Å². The van der Waals surface area contributed by atoms with Crippen LogP contribution in [0.15, 0.2) is 11.3 Å². The number of rotatable bonds is 4. The minimum absolute atomic E-state index is 0.0938. The van der Waals surface area contributed by atoms with Crippen molar-refractivity contribution >= 4 is 5.78 Å². The van der Waals surface area contributed by atoms with Crippen LogP contribution in [0.5, 0.6) is 0 Å². The quantitative estimate of drug-likeness (QED) is 0.829. The minimum Gasteiger partial charge on any atom is -0.383 e. The van der Waals surface area contributed by atoms with E-state index in [0.717, 1.165) is 38.4 Å². The van der Waals surface area contributed by atoms with Gasteiger partial charge in [-0.3, -0.25) is 4.79 Å². The van der Waals surface area contributed by atoms with Crippen LogP contribution in [0, 0.1) is 5.41 Å². The summed E-state index contributed by atoms with van der Waals surface area (Å²) in [5.74, 6) is 0.358. The molecule has 1 unspecified atom stereocenters. The molecule has 1 heterocycles. The van der Waals surface area contributed by atoms with Gasteiger partial charge in [-0.05, 0) is 25.7 Å². The molecule has 0 spiro atoms. The number of carbonyl (C=O) groups is 1. The van der Waals surface area contributed by atoms with Gasteiger partial charge in [0.05, 0.1) is 18.2 Å². The van der Waals surface area contributed by atoms with Gasteiger partial charge in [-0.25, -0.2) is 0 Å². The highest BCUT2D eigenvalue weighted by molar-refractivity contribution is 5.97. The fraction of sp³-hybridized carbons (Fsp3) is 0.812. The molecule has 2 aliphatic rings. The van der Waals surface area contributed by atoms with Gasteiger partial charge >= 0.3 is 0 Å². The number of allylic oxidation sites excluding steroid dienone is 1. The SMILES string of the molecule is COCCN1C[NH+](C(C)C)CC2=C1CC(C)(C)CC2=O. The van der Waals surface area contributed by atoms with E-state index in [1.54, 1.807) is 7.11 Å². The Kier molecular flexibility index (Phi) is 4.55. The van der Waals surface area contributed by atoms with Gasteiger partial charge in [0.25, 0.3) is 0 Å². The summed E-state index contributed by atoms with van der Waals surface area (Å²) in [7, 11) is 1.74. The Hall–Kier alpha value is -0.870. The largest absolute Gasteiger partial charge is 0.383 e. The maximum absolute atomic E-state index is 12.5. The molecule has 0 saturated heterocycles. The van der Waals surface area contributed by atoms with Crippen LogP contribution >= 0.6 is 0 Å². The summed E-state index contributed by atoms with van der Waals surface area (Å²) in [6, 6.07) is 0.539. The van der Waals surface area contributed by atoms with Crippen LogP contribution in [0.25, 0.3) is 0 Å². The van der Waals surface area contributed by atoms with E-state index in [0.29, 0.717) is 18.2 Å². The lowest BCUT2D eigenvalue weighted by molar-refractivity contribution is -0.928. The van der Waals surface area contributed by atoms with Crippen LogP contribution in [0.1, 0.15) is 40.5 Å². The third-order valence-electron chi connectivity index (χ3n) is 4.53. The highest BCUT2D eigenvalue weighted by Gasteiger charge is 2.40. The lowest BCUT2D eigenvalue weighted by Gasteiger charge is -2.44. The number of hydrogen-bond donors (Lipinski definition) is 1. The monoisotopic (exact) mass is 281 g/mol. The Morgan fingerprint density at radius 2 is 2.05 bits per heavy atom. The number of hydrogen-bond acceptors (Lipinski definition) is 3. The van der Waals surface area contributed by atoms with Crippen LogP contribution in [-0.4, -0.2) is 50.2 Å². The molecule has 1 aliphatic heterocycles. The van der Waals surface area contributed by atoms with E-state index in [4.69, 9.17) is 4.74 Å². The standard InChI is InChI=1S/C16H28N2O2/c1-12(2)18-10-13-14(17(11-18)6-7-20-5)8-16(3,4)9-15(13)19/h12H,6-11H2,1-5H3/p+1. The molecule has 1 atom stereocenters. The van der Waals surface area contributed by atoms with Crippen LogP contribution in [-0.2, 0) is 9.53 Å². The molecule has 0 fully saturated rings. The highest BCUT2D eigenvalue weighted by atomic mass is 16.5. The third-order valence-corrected chi connectivity index (χ3v) is 4.53. The van der Waals surface area contributed by atoms with Gasteiger partial charge in [0.1, 0.15) is 6.54 Å². The maximum atomic E-state index is 12.5. The van der Waals surface area contributed by atoms with Gasteiger partial charge in [0.15, 0.2) is 12.5 Å². The first kappa shape index (κ1) is 15.5. The molecule has 1 aliphatic carbocycles. The first-order valence-electron chi connectivity index (χ1n) is 7.68. The third kappa shape index (κ3) is 3.23. The fourth-order valence-corrected chi connectivity index (χ4v) is 3.25. The van der Waals surface area contributed by atoms with Crippen molar-refractivity contribution in [1.82, 2.24) is 4.90 Å². The lowest BCUT2D eigenvalue weighted by Crippen LogP contribution is -3.17. The predicted octanol–water partition coefficient (Wildman–Crippen LogP) is 0.842. The van der Waals surface area contributed by atoms with E-state index in [9.17, 15) is 4.79 Å². The molecule has 0 radical (unpaired) electrons. The maximum Gasteiger partial charge on any atom is 0.166 e. The molecule has 4 nitrogen and oxygen atoms in total. The van der Waals surface area contributed by atoms with Crippen LogP contribution in [0.2, 0.25) is 0 Å². The van der Waals surface area contributed by atoms with E-state index >= 15 is 0 Å². The number of carbonyl (C=O) groups excluding carboxylic acids is 1. The average molecular weight is 281 g/mol. The zero-order valence-corrected chi connectivity index (χ0v) is 13.6. The van der Waals surface area contributed by atoms with Crippen LogP contribution in [0.4, 0.5) is 0 Å². The molecule has 0 saturated carbocycles. The second-order valence-corrected chi connectivity index (χ2v) is 7.27. The lowest BCUT2D eigenvalue weighted by atomic mass is 9.75. The van der Waals surface area contributed by atoms with Crippen molar-refractivity contribution in [3.8, 4) is 0 Å². The summed E-state index contributed by atoms with van der Waals surface area (Å²) in [5.41, 5.74) is 2.46. The molecule has 0 aromatic heterocycles. The van der Waals surface area contributed by atoms with E-state index < -0.39 is 0 Å². The van der Waals surface area contributed by atoms with E-state index in [1.807, 2.05) is 0 Å². The summed E-state index contributed by atoms with van der Waals surface area (Å²) in [6.07, 6.45) is 1.71. The first-order valence-corrected chi connectivity index (χ1v) is 7.68. The van der Waals surface area contributed by atoms with Crippen molar-refractivity contribution in [3.05, 3.63) is 11.3 Å². The average Bonchev–Trinajstić information content (AvgIpc) is 2.34. The summed E-state index contributed by atoms with van der Waals surface area (Å²) in [5, 5.41) is 0. The Morgan fingerprint density at radius 1 is 1.35 bits per heavy atom. The normalized spacial score (nSPS) is 26.2. The summed E-state index contributed by atoms with van der Waals surface area (Å²) in [6.45, 7) is 12.3. The first-order chi connectivity index (χ1) is 9.34. The Morgan fingerprint density at radius 3 is 2.65 bits per heavy atom. The molecular formula is C16H29N2O2+. The van der Waals surface area contributed by atoms with E-state index in [-0.39, 0.29) is 5.41 Å². The topological polar surface area (TPSA) is 34.0 Å². The molecule has 0 bridgehead atoms. The van der Waals surface area contributed by atoms with E-state index in [1.165, 1.54) is 10.6 Å². The van der Waals surface area contributed by atoms with Gasteiger partial charge < -0.3 is 14.5 Å². The molecule has 20 heavy (non-hydrogen) atoms. The zero-order valence-electron chi connectivity index (χ0n) is 13.6. The summed E-state index contributed by atoms with van der Waals surface area (Å²) < 4.78 is 5.24. The molecule has 1 N–H and O–H groups in total. The fourth-order valence-electron chi connectivity index (χ4n) is 3.25. The Labute approximate surface area is 122 Å². The Bertz CT molecular complexity index is 413. The van der Waals surface area contributed by atoms with Gasteiger partial charge in [-0.15, -0.1) is 0 Å². The van der Waals surface area contributed by atoms with Crippen LogP contribution in [0.3, 0.4) is 0 Å². The summed E-state index contributed by atoms with van der Waals surface area (Å²) in [4.78, 5) is 16.4. The molecule has 0 aromatic rings. The van der Waals surface area contributed by atoms with Crippen molar-refractivity contribution in [2.24, 2.45) is 5.41 Å². The number of ketones is 1. The second-order valence-electron chi connectivity index (χ2n) is 7.27. The highest BCUT2D eigenvalue weighted by Crippen LogP contribution is 2.38. The van der Waals surface area contributed by atoms with E-state index in [2.05, 4.69) is 32.6 Å². The van der Waals surface area contributed by atoms with Gasteiger partial charge in [-0.2, -0.15) is 0 Å². The smallest absolute Gasteiger partial charge is 0.166 e. The molecule has 0 amide bonds. The van der Waals surface area contributed by atoms with Crippen molar-refractivity contribution in [1.29, 1.82) is 0 Å².